The quantitative estimate of drug-likeness (QED) is 0.396. The molecule has 1 unspecified atom stereocenters. The summed E-state index contributed by atoms with van der Waals surface area (Å²) in [6.45, 7) is 3.34. The van der Waals surface area contributed by atoms with Crippen molar-refractivity contribution in [3.8, 4) is 11.8 Å². The molecule has 2 N–H and O–H groups in total. The van der Waals surface area contributed by atoms with Crippen molar-refractivity contribution in [1.82, 2.24) is 15.0 Å². The lowest BCUT2D eigenvalue weighted by Crippen LogP contribution is -2.26. The number of rotatable bonds is 9. The zero-order valence-corrected chi connectivity index (χ0v) is 11.2. The van der Waals surface area contributed by atoms with Crippen LogP contribution in [-0.2, 0) is 16.1 Å². The van der Waals surface area contributed by atoms with Crippen LogP contribution in [0.15, 0.2) is 12.4 Å². The summed E-state index contributed by atoms with van der Waals surface area (Å²) in [6.07, 6.45) is 5.49. The molecule has 1 aromatic heterocycles. The number of ether oxygens (including phenoxy) is 1. The summed E-state index contributed by atoms with van der Waals surface area (Å²) >= 11 is 0. The minimum absolute atomic E-state index is 0.0397. The van der Waals surface area contributed by atoms with Gasteiger partial charge >= 0.3 is 0 Å². The summed E-state index contributed by atoms with van der Waals surface area (Å²) in [4.78, 5) is 11.1. The van der Waals surface area contributed by atoms with Crippen molar-refractivity contribution in [3.63, 3.8) is 0 Å². The van der Waals surface area contributed by atoms with Crippen LogP contribution < -0.4 is 5.73 Å². The monoisotopic (exact) mass is 264 g/mol. The lowest BCUT2D eigenvalue weighted by atomic mass is 10.2. The first kappa shape index (κ1) is 15.3. The van der Waals surface area contributed by atoms with E-state index in [0.29, 0.717) is 26.2 Å². The van der Waals surface area contributed by atoms with Crippen LogP contribution in [0.1, 0.15) is 26.2 Å². The highest BCUT2D eigenvalue weighted by Crippen LogP contribution is 1.98. The van der Waals surface area contributed by atoms with Crippen LogP contribution in [-0.4, -0.2) is 40.0 Å². The van der Waals surface area contributed by atoms with Gasteiger partial charge in [0, 0.05) is 25.3 Å². The van der Waals surface area contributed by atoms with E-state index in [1.807, 2.05) is 0 Å². The summed E-state index contributed by atoms with van der Waals surface area (Å²) in [7, 11) is 0. The first-order chi connectivity index (χ1) is 9.22. The molecule has 1 heterocycles. The van der Waals surface area contributed by atoms with Crippen LogP contribution in [0.2, 0.25) is 0 Å². The van der Waals surface area contributed by atoms with E-state index in [4.69, 9.17) is 10.5 Å². The number of carbonyl (C=O) groups excluding carboxylic acids is 1. The molecule has 0 fully saturated rings. The Kier molecular flexibility index (Phi) is 7.47. The number of nitrogens with two attached hydrogens (primary N) is 1. The highest BCUT2D eigenvalue weighted by atomic mass is 16.5. The largest absolute Gasteiger partial charge is 0.381 e. The highest BCUT2D eigenvalue weighted by molar-refractivity contribution is 5.95. The minimum atomic E-state index is -0.0783. The number of ketones is 1. The van der Waals surface area contributed by atoms with Crippen LogP contribution in [0.25, 0.3) is 0 Å². The summed E-state index contributed by atoms with van der Waals surface area (Å²) in [5.41, 5.74) is 5.95. The second-order valence-corrected chi connectivity index (χ2v) is 4.19. The standard InChI is InChI=1S/C13H20N4O2/c1-2-4-13(18)6-10-19-9-3-5-12(14)11-17-8-7-15-16-17/h7-8,12H,3,5-6,9-11,14H2,1H3. The molecular formula is C13H20N4O2. The SMILES string of the molecule is CC#CC(=O)CCOCCCC(N)Cn1ccnn1. The Morgan fingerprint density at radius 1 is 1.53 bits per heavy atom. The molecule has 1 atom stereocenters. The van der Waals surface area contributed by atoms with Crippen LogP contribution in [0, 0.1) is 11.8 Å². The summed E-state index contributed by atoms with van der Waals surface area (Å²) in [6, 6.07) is 0.0397. The van der Waals surface area contributed by atoms with Crippen molar-refractivity contribution >= 4 is 5.78 Å². The fourth-order valence-corrected chi connectivity index (χ4v) is 1.58. The van der Waals surface area contributed by atoms with E-state index < -0.39 is 0 Å². The Morgan fingerprint density at radius 2 is 2.37 bits per heavy atom. The van der Waals surface area contributed by atoms with Crippen molar-refractivity contribution in [2.75, 3.05) is 13.2 Å². The van der Waals surface area contributed by atoms with E-state index in [-0.39, 0.29) is 11.8 Å². The molecule has 6 heteroatoms. The lowest BCUT2D eigenvalue weighted by Gasteiger charge is -2.10. The summed E-state index contributed by atoms with van der Waals surface area (Å²) < 4.78 is 7.07. The molecule has 1 rings (SSSR count). The topological polar surface area (TPSA) is 83.0 Å². The summed E-state index contributed by atoms with van der Waals surface area (Å²) in [5, 5.41) is 7.57. The van der Waals surface area contributed by atoms with E-state index in [1.54, 1.807) is 24.0 Å². The van der Waals surface area contributed by atoms with Crippen molar-refractivity contribution in [1.29, 1.82) is 0 Å². The Labute approximate surface area is 113 Å². The second kappa shape index (κ2) is 9.25. The van der Waals surface area contributed by atoms with E-state index >= 15 is 0 Å². The van der Waals surface area contributed by atoms with Gasteiger partial charge in [0.2, 0.25) is 5.78 Å². The Morgan fingerprint density at radius 3 is 3.05 bits per heavy atom. The summed E-state index contributed by atoms with van der Waals surface area (Å²) in [5.74, 6) is 4.97. The molecule has 0 amide bonds. The fourth-order valence-electron chi connectivity index (χ4n) is 1.58. The molecule has 1 aromatic rings. The molecule has 0 bridgehead atoms. The van der Waals surface area contributed by atoms with Crippen molar-refractivity contribution in [3.05, 3.63) is 12.4 Å². The number of hydrogen-bond acceptors (Lipinski definition) is 5. The number of aromatic nitrogens is 3. The van der Waals surface area contributed by atoms with Gasteiger partial charge in [-0.25, -0.2) is 0 Å². The maximum absolute atomic E-state index is 11.1. The zero-order chi connectivity index (χ0) is 13.9. The minimum Gasteiger partial charge on any atom is -0.381 e. The third-order valence-electron chi connectivity index (χ3n) is 2.49. The van der Waals surface area contributed by atoms with E-state index in [9.17, 15) is 4.79 Å². The predicted molar refractivity (Wildman–Crippen MR) is 71.1 cm³/mol. The maximum atomic E-state index is 11.1. The van der Waals surface area contributed by atoms with Gasteiger partial charge in [0.1, 0.15) is 0 Å². The molecule has 0 radical (unpaired) electrons. The highest BCUT2D eigenvalue weighted by Gasteiger charge is 2.04. The molecule has 0 saturated carbocycles. The van der Waals surface area contributed by atoms with Gasteiger partial charge in [-0.05, 0) is 25.7 Å². The maximum Gasteiger partial charge on any atom is 0.207 e. The molecule has 0 aromatic carbocycles. The molecule has 0 aliphatic carbocycles. The third kappa shape index (κ3) is 7.34. The predicted octanol–water partition coefficient (Wildman–Crippen LogP) is 0.385. The normalized spacial score (nSPS) is 11.7. The second-order valence-electron chi connectivity index (χ2n) is 4.19. The van der Waals surface area contributed by atoms with Crippen LogP contribution >= 0.6 is 0 Å². The Hall–Kier alpha value is -1.71. The molecule has 19 heavy (non-hydrogen) atoms. The first-order valence-electron chi connectivity index (χ1n) is 6.35. The van der Waals surface area contributed by atoms with Gasteiger partial charge in [-0.1, -0.05) is 11.1 Å². The van der Waals surface area contributed by atoms with Gasteiger partial charge in [-0.3, -0.25) is 9.48 Å². The average Bonchev–Trinajstić information content (AvgIpc) is 2.86. The van der Waals surface area contributed by atoms with Gasteiger partial charge in [0.25, 0.3) is 0 Å². The van der Waals surface area contributed by atoms with Gasteiger partial charge in [0.15, 0.2) is 0 Å². The van der Waals surface area contributed by atoms with Crippen LogP contribution in [0.3, 0.4) is 0 Å². The first-order valence-corrected chi connectivity index (χ1v) is 6.35. The van der Waals surface area contributed by atoms with Gasteiger partial charge < -0.3 is 10.5 Å². The van der Waals surface area contributed by atoms with Crippen molar-refractivity contribution in [2.24, 2.45) is 5.73 Å². The van der Waals surface area contributed by atoms with Gasteiger partial charge in [-0.2, -0.15) is 0 Å². The molecule has 6 nitrogen and oxygen atoms in total. The molecule has 0 aliphatic heterocycles. The van der Waals surface area contributed by atoms with E-state index in [2.05, 4.69) is 22.2 Å². The van der Waals surface area contributed by atoms with Gasteiger partial charge in [0.05, 0.1) is 19.3 Å². The van der Waals surface area contributed by atoms with E-state index in [1.165, 1.54) is 0 Å². The molecule has 0 aliphatic rings. The lowest BCUT2D eigenvalue weighted by molar-refractivity contribution is -0.114. The molecule has 104 valence electrons. The smallest absolute Gasteiger partial charge is 0.207 e. The van der Waals surface area contributed by atoms with Crippen LogP contribution in [0.5, 0.6) is 0 Å². The zero-order valence-electron chi connectivity index (χ0n) is 11.2. The molecule has 0 saturated heterocycles. The molecular weight excluding hydrogens is 244 g/mol. The van der Waals surface area contributed by atoms with Crippen molar-refractivity contribution in [2.45, 2.75) is 38.8 Å². The number of hydrogen-bond donors (Lipinski definition) is 1. The van der Waals surface area contributed by atoms with Crippen LogP contribution in [0.4, 0.5) is 0 Å². The van der Waals surface area contributed by atoms with E-state index in [0.717, 1.165) is 12.8 Å². The fraction of sp³-hybridized carbons (Fsp3) is 0.615. The van der Waals surface area contributed by atoms with Gasteiger partial charge in [-0.15, -0.1) is 5.10 Å². The molecule has 0 spiro atoms. The number of nitrogens with zero attached hydrogens (tertiary/aromatic N) is 3. The number of carbonyl (C=O) groups is 1. The third-order valence-corrected chi connectivity index (χ3v) is 2.49. The number of Topliss-reactive ketones (excluding diaryl/α,β-unsaturated/α-hetero) is 1. The average molecular weight is 264 g/mol. The Balaban J connectivity index is 1.98. The Bertz CT molecular complexity index is 420. The van der Waals surface area contributed by atoms with Crippen molar-refractivity contribution < 1.29 is 9.53 Å².